The zero-order chi connectivity index (χ0) is 15.2. The van der Waals surface area contributed by atoms with Gasteiger partial charge in [0.25, 0.3) is 5.91 Å². The van der Waals surface area contributed by atoms with Crippen LogP contribution < -0.4 is 10.6 Å². The Balaban J connectivity index is 2.21. The van der Waals surface area contributed by atoms with Gasteiger partial charge in [0.1, 0.15) is 0 Å². The molecule has 1 aromatic heterocycles. The number of aliphatic carboxylic acids is 1. The molecular formula is C13H14N4O4. The predicted octanol–water partition coefficient (Wildman–Crippen LogP) is 1.16. The highest BCUT2D eigenvalue weighted by Gasteiger charge is 2.24. The van der Waals surface area contributed by atoms with E-state index in [1.54, 1.807) is 24.3 Å². The van der Waals surface area contributed by atoms with Crippen LogP contribution in [0, 0.1) is 0 Å². The fraction of sp³-hybridized carbons (Fsp3) is 0.231. The number of carbonyl (C=O) groups excluding carboxylic acids is 1. The number of para-hydroxylation sites is 1. The van der Waals surface area contributed by atoms with Crippen LogP contribution in [-0.2, 0) is 4.79 Å². The molecule has 1 aromatic carbocycles. The lowest BCUT2D eigenvalue weighted by atomic mass is 10.2. The molecule has 1 heterocycles. The smallest absolute Gasteiger partial charge is 0.303 e. The number of nitrogens with two attached hydrogens (primary N) is 1. The van der Waals surface area contributed by atoms with Gasteiger partial charge in [0.2, 0.25) is 11.5 Å². The number of anilines is 2. The molecule has 0 radical (unpaired) electrons. The second-order valence-electron chi connectivity index (χ2n) is 4.29. The summed E-state index contributed by atoms with van der Waals surface area (Å²) in [4.78, 5) is 24.4. The average molecular weight is 290 g/mol. The first-order chi connectivity index (χ1) is 10.1. The van der Waals surface area contributed by atoms with Gasteiger partial charge < -0.3 is 15.7 Å². The van der Waals surface area contributed by atoms with E-state index in [-0.39, 0.29) is 24.5 Å². The summed E-state index contributed by atoms with van der Waals surface area (Å²) in [6.07, 6.45) is 0.268. The number of carboxylic acids is 1. The molecule has 2 rings (SSSR count). The zero-order valence-corrected chi connectivity index (χ0v) is 11.1. The van der Waals surface area contributed by atoms with Crippen molar-refractivity contribution < 1.29 is 19.3 Å². The van der Waals surface area contributed by atoms with E-state index in [4.69, 9.17) is 10.8 Å². The van der Waals surface area contributed by atoms with Crippen molar-refractivity contribution in [2.45, 2.75) is 12.8 Å². The maximum atomic E-state index is 12.4. The van der Waals surface area contributed by atoms with E-state index in [2.05, 4.69) is 14.9 Å². The van der Waals surface area contributed by atoms with Crippen LogP contribution in [0.15, 0.2) is 35.0 Å². The van der Waals surface area contributed by atoms with E-state index in [1.807, 2.05) is 6.07 Å². The molecule has 21 heavy (non-hydrogen) atoms. The molecule has 0 saturated carbocycles. The number of nitrogen functional groups attached to an aromatic ring is 1. The lowest BCUT2D eigenvalue weighted by Crippen LogP contribution is -2.33. The van der Waals surface area contributed by atoms with Gasteiger partial charge in [0, 0.05) is 18.7 Å². The van der Waals surface area contributed by atoms with Gasteiger partial charge in [-0.05, 0) is 28.9 Å². The Labute approximate surface area is 120 Å². The third-order valence-corrected chi connectivity index (χ3v) is 2.80. The van der Waals surface area contributed by atoms with E-state index in [0.29, 0.717) is 12.1 Å². The Morgan fingerprint density at radius 2 is 1.95 bits per heavy atom. The minimum Gasteiger partial charge on any atom is -0.481 e. The van der Waals surface area contributed by atoms with Crippen molar-refractivity contribution in [2.75, 3.05) is 17.2 Å². The Bertz CT molecular complexity index is 626. The van der Waals surface area contributed by atoms with Crippen LogP contribution in [0.25, 0.3) is 0 Å². The summed E-state index contributed by atoms with van der Waals surface area (Å²) in [7, 11) is 0. The van der Waals surface area contributed by atoms with Crippen LogP contribution in [0.3, 0.4) is 0 Å². The van der Waals surface area contributed by atoms with Crippen molar-refractivity contribution >= 4 is 23.4 Å². The van der Waals surface area contributed by atoms with Gasteiger partial charge in [-0.3, -0.25) is 9.59 Å². The quantitative estimate of drug-likeness (QED) is 0.818. The van der Waals surface area contributed by atoms with E-state index >= 15 is 0 Å². The normalized spacial score (nSPS) is 10.3. The van der Waals surface area contributed by atoms with Gasteiger partial charge in [-0.2, -0.15) is 0 Å². The molecule has 0 aliphatic rings. The monoisotopic (exact) mass is 290 g/mol. The fourth-order valence-corrected chi connectivity index (χ4v) is 1.82. The Morgan fingerprint density at radius 3 is 2.52 bits per heavy atom. The third-order valence-electron chi connectivity index (χ3n) is 2.80. The van der Waals surface area contributed by atoms with Crippen LogP contribution in [-0.4, -0.2) is 33.8 Å². The Kier molecular flexibility index (Phi) is 4.50. The molecule has 0 aliphatic heterocycles. The van der Waals surface area contributed by atoms with Gasteiger partial charge in [0.15, 0.2) is 0 Å². The molecule has 0 saturated heterocycles. The van der Waals surface area contributed by atoms with Crippen LogP contribution in [0.4, 0.5) is 11.5 Å². The number of hydrogen-bond acceptors (Lipinski definition) is 6. The standard InChI is InChI=1S/C13H14N4O4/c14-12-11(15-21-16-12)13(20)17(8-4-7-10(18)19)9-5-2-1-3-6-9/h1-3,5-6H,4,7-8H2,(H2,14,16)(H,18,19). The maximum Gasteiger partial charge on any atom is 0.303 e. The summed E-state index contributed by atoms with van der Waals surface area (Å²) in [5.74, 6) is -1.50. The summed E-state index contributed by atoms with van der Waals surface area (Å²) >= 11 is 0. The molecule has 0 bridgehead atoms. The first-order valence-corrected chi connectivity index (χ1v) is 6.26. The molecule has 0 unspecified atom stereocenters. The van der Waals surface area contributed by atoms with E-state index in [9.17, 15) is 9.59 Å². The second-order valence-corrected chi connectivity index (χ2v) is 4.29. The number of aromatic nitrogens is 2. The molecule has 110 valence electrons. The van der Waals surface area contributed by atoms with Crippen molar-refractivity contribution in [3.63, 3.8) is 0 Å². The largest absolute Gasteiger partial charge is 0.481 e. The van der Waals surface area contributed by atoms with Crippen LogP contribution in [0.1, 0.15) is 23.3 Å². The average Bonchev–Trinajstić information content (AvgIpc) is 2.90. The van der Waals surface area contributed by atoms with Gasteiger partial charge in [-0.15, -0.1) is 0 Å². The highest BCUT2D eigenvalue weighted by Crippen LogP contribution is 2.18. The minimum absolute atomic E-state index is 0.0385. The van der Waals surface area contributed by atoms with Crippen molar-refractivity contribution in [1.29, 1.82) is 0 Å². The summed E-state index contributed by atoms with van der Waals surface area (Å²) in [5.41, 5.74) is 6.06. The molecule has 0 spiro atoms. The second kappa shape index (κ2) is 6.51. The van der Waals surface area contributed by atoms with Gasteiger partial charge in [-0.25, -0.2) is 4.63 Å². The van der Waals surface area contributed by atoms with Crippen LogP contribution in [0.2, 0.25) is 0 Å². The van der Waals surface area contributed by atoms with Gasteiger partial charge in [-0.1, -0.05) is 18.2 Å². The number of carbonyl (C=O) groups is 2. The zero-order valence-electron chi connectivity index (χ0n) is 11.1. The van der Waals surface area contributed by atoms with E-state index in [0.717, 1.165) is 0 Å². The van der Waals surface area contributed by atoms with Crippen molar-refractivity contribution in [3.05, 3.63) is 36.0 Å². The highest BCUT2D eigenvalue weighted by molar-refractivity contribution is 6.07. The van der Waals surface area contributed by atoms with Crippen LogP contribution >= 0.6 is 0 Å². The molecule has 0 atom stereocenters. The highest BCUT2D eigenvalue weighted by atomic mass is 16.6. The Hall–Kier alpha value is -2.90. The number of benzene rings is 1. The van der Waals surface area contributed by atoms with Gasteiger partial charge in [0.05, 0.1) is 0 Å². The number of amides is 1. The SMILES string of the molecule is Nc1nonc1C(=O)N(CCCC(=O)O)c1ccccc1. The topological polar surface area (TPSA) is 123 Å². The molecule has 8 nitrogen and oxygen atoms in total. The van der Waals surface area contributed by atoms with E-state index in [1.165, 1.54) is 4.90 Å². The maximum absolute atomic E-state index is 12.4. The Morgan fingerprint density at radius 1 is 1.24 bits per heavy atom. The first kappa shape index (κ1) is 14.5. The summed E-state index contributed by atoms with van der Waals surface area (Å²) in [5, 5.41) is 15.6. The summed E-state index contributed by atoms with van der Waals surface area (Å²) in [6.45, 7) is 0.224. The number of rotatable bonds is 6. The molecule has 3 N–H and O–H groups in total. The number of nitrogens with zero attached hydrogens (tertiary/aromatic N) is 3. The van der Waals surface area contributed by atoms with Crippen molar-refractivity contribution in [2.24, 2.45) is 0 Å². The van der Waals surface area contributed by atoms with Crippen molar-refractivity contribution in [1.82, 2.24) is 10.3 Å². The molecule has 2 aromatic rings. The molecular weight excluding hydrogens is 276 g/mol. The lowest BCUT2D eigenvalue weighted by Gasteiger charge is -2.21. The first-order valence-electron chi connectivity index (χ1n) is 6.26. The minimum atomic E-state index is -0.918. The molecule has 0 aliphatic carbocycles. The van der Waals surface area contributed by atoms with Crippen molar-refractivity contribution in [3.8, 4) is 0 Å². The predicted molar refractivity (Wildman–Crippen MR) is 73.7 cm³/mol. The van der Waals surface area contributed by atoms with E-state index < -0.39 is 11.9 Å². The molecule has 1 amide bonds. The number of hydrogen-bond donors (Lipinski definition) is 2. The lowest BCUT2D eigenvalue weighted by molar-refractivity contribution is -0.137. The molecule has 8 heteroatoms. The van der Waals surface area contributed by atoms with Gasteiger partial charge >= 0.3 is 5.97 Å². The fourth-order valence-electron chi connectivity index (χ4n) is 1.82. The summed E-state index contributed by atoms with van der Waals surface area (Å²) in [6, 6.07) is 8.84. The third kappa shape index (κ3) is 3.56. The number of carboxylic acid groups (broad SMARTS) is 1. The molecule has 0 fully saturated rings. The van der Waals surface area contributed by atoms with Crippen LogP contribution in [0.5, 0.6) is 0 Å². The summed E-state index contributed by atoms with van der Waals surface area (Å²) < 4.78 is 4.43.